The van der Waals surface area contributed by atoms with Crippen LogP contribution in [0.5, 0.6) is 5.75 Å². The molecule has 0 bridgehead atoms. The number of hydrogen-bond acceptors (Lipinski definition) is 7. The smallest absolute Gasteiger partial charge is 0.224 e. The Morgan fingerprint density at radius 2 is 1.79 bits per heavy atom. The summed E-state index contributed by atoms with van der Waals surface area (Å²) in [6.45, 7) is -0.408. The average Bonchev–Trinajstić information content (AvgIpc) is 2.73. The van der Waals surface area contributed by atoms with Gasteiger partial charge < -0.3 is 34.6 Å². The van der Waals surface area contributed by atoms with Crippen LogP contribution >= 0.6 is 11.6 Å². The normalized spacial score (nSPS) is 30.2. The van der Waals surface area contributed by atoms with Crippen LogP contribution < -0.4 is 4.74 Å². The fraction of sp³-hybridized carbons (Fsp3) is 0.400. The summed E-state index contributed by atoms with van der Waals surface area (Å²) in [5.41, 5.74) is 0.972. The van der Waals surface area contributed by atoms with Gasteiger partial charge in [0.1, 0.15) is 36.8 Å². The molecule has 0 amide bonds. The molecule has 0 aliphatic carbocycles. The fourth-order valence-corrected chi connectivity index (χ4v) is 3.42. The van der Waals surface area contributed by atoms with Crippen molar-refractivity contribution in [3.63, 3.8) is 0 Å². The maximum Gasteiger partial charge on any atom is 0.224 e. The van der Waals surface area contributed by atoms with Crippen LogP contribution in [0.1, 0.15) is 11.1 Å². The summed E-state index contributed by atoms with van der Waals surface area (Å²) in [6.07, 6.45) is -5.78. The lowest BCUT2D eigenvalue weighted by molar-refractivity contribution is -0.366. The second-order valence-electron chi connectivity index (χ2n) is 6.54. The molecule has 1 aliphatic rings. The molecule has 0 saturated carbocycles. The minimum Gasteiger partial charge on any atom is -0.489 e. The number of rotatable bonds is 6. The summed E-state index contributed by atoms with van der Waals surface area (Å²) >= 11 is 6.28. The molecule has 1 heterocycles. The maximum absolute atomic E-state index is 10.6. The first kappa shape index (κ1) is 21.0. The van der Waals surface area contributed by atoms with Crippen LogP contribution in [0.4, 0.5) is 0 Å². The Balaban J connectivity index is 1.92. The van der Waals surface area contributed by atoms with Gasteiger partial charge in [-0.1, -0.05) is 35.9 Å². The van der Waals surface area contributed by atoms with Gasteiger partial charge in [-0.25, -0.2) is 0 Å². The summed E-state index contributed by atoms with van der Waals surface area (Å²) in [7, 11) is 1.30. The van der Waals surface area contributed by atoms with E-state index < -0.39 is 36.8 Å². The molecule has 7 nitrogen and oxygen atoms in total. The van der Waals surface area contributed by atoms with Crippen LogP contribution in [0, 0.1) is 0 Å². The number of hydrogen-bond donors (Lipinski definition) is 4. The van der Waals surface area contributed by atoms with E-state index in [-0.39, 0.29) is 6.61 Å². The van der Waals surface area contributed by atoms with Gasteiger partial charge in [0.25, 0.3) is 0 Å². The van der Waals surface area contributed by atoms with E-state index in [4.69, 9.17) is 25.8 Å². The number of aliphatic hydroxyl groups is 4. The molecule has 28 heavy (non-hydrogen) atoms. The Morgan fingerprint density at radius 1 is 1.07 bits per heavy atom. The van der Waals surface area contributed by atoms with Crippen LogP contribution in [0.2, 0.25) is 5.02 Å². The van der Waals surface area contributed by atoms with Crippen molar-refractivity contribution in [3.05, 3.63) is 64.7 Å². The van der Waals surface area contributed by atoms with Crippen molar-refractivity contribution in [3.8, 4) is 5.75 Å². The predicted octanol–water partition coefficient (Wildman–Crippen LogP) is 1.19. The molecule has 2 aromatic rings. The standard InChI is InChI=1S/C20H23ClO7/c1-26-20(19(25)18(24)17(23)16(10-22)28-20)13-7-8-15(21)12(9-13)11-27-14-5-3-2-4-6-14/h2-9,16-19,22-25H,10-11H2,1H3/t16-,17-,18+,19-,20?/m1/s1. The highest BCUT2D eigenvalue weighted by atomic mass is 35.5. The second-order valence-corrected chi connectivity index (χ2v) is 6.95. The molecular formula is C20H23ClO7. The van der Waals surface area contributed by atoms with E-state index in [2.05, 4.69) is 0 Å². The molecule has 4 N–H and O–H groups in total. The lowest BCUT2D eigenvalue weighted by Gasteiger charge is -2.47. The third-order valence-electron chi connectivity index (χ3n) is 4.84. The lowest BCUT2D eigenvalue weighted by Crippen LogP contribution is -2.64. The average molecular weight is 411 g/mol. The van der Waals surface area contributed by atoms with Crippen LogP contribution in [-0.2, 0) is 21.9 Å². The van der Waals surface area contributed by atoms with E-state index in [1.165, 1.54) is 7.11 Å². The van der Waals surface area contributed by atoms with Crippen LogP contribution in [-0.4, -0.2) is 58.6 Å². The first-order chi connectivity index (χ1) is 13.4. The van der Waals surface area contributed by atoms with Crippen LogP contribution in [0.15, 0.2) is 48.5 Å². The highest BCUT2D eigenvalue weighted by molar-refractivity contribution is 6.31. The zero-order chi connectivity index (χ0) is 20.3. The van der Waals surface area contributed by atoms with Crippen molar-refractivity contribution in [2.45, 2.75) is 36.8 Å². The van der Waals surface area contributed by atoms with E-state index in [9.17, 15) is 20.4 Å². The van der Waals surface area contributed by atoms with E-state index in [1.807, 2.05) is 30.3 Å². The molecule has 5 atom stereocenters. The van der Waals surface area contributed by atoms with E-state index >= 15 is 0 Å². The number of ether oxygens (including phenoxy) is 3. The highest BCUT2D eigenvalue weighted by Gasteiger charge is 2.55. The van der Waals surface area contributed by atoms with E-state index in [0.29, 0.717) is 21.9 Å². The number of benzene rings is 2. The quantitative estimate of drug-likeness (QED) is 0.566. The number of para-hydroxylation sites is 1. The van der Waals surface area contributed by atoms with Gasteiger partial charge in [0.2, 0.25) is 5.79 Å². The number of aliphatic hydroxyl groups excluding tert-OH is 4. The molecule has 1 unspecified atom stereocenters. The van der Waals surface area contributed by atoms with Gasteiger partial charge in [-0.3, -0.25) is 0 Å². The minimum absolute atomic E-state index is 0.154. The molecule has 2 aromatic carbocycles. The summed E-state index contributed by atoms with van der Waals surface area (Å²) in [5, 5.41) is 40.7. The molecular weight excluding hydrogens is 388 g/mol. The second kappa shape index (κ2) is 8.75. The Labute approximate surface area is 167 Å². The molecule has 152 valence electrons. The van der Waals surface area contributed by atoms with Crippen molar-refractivity contribution in [1.29, 1.82) is 0 Å². The van der Waals surface area contributed by atoms with Gasteiger partial charge in [-0.15, -0.1) is 0 Å². The molecule has 8 heteroatoms. The van der Waals surface area contributed by atoms with Crippen molar-refractivity contribution >= 4 is 11.6 Å². The topological polar surface area (TPSA) is 109 Å². The third-order valence-corrected chi connectivity index (χ3v) is 5.21. The molecule has 0 aromatic heterocycles. The fourth-order valence-electron chi connectivity index (χ4n) is 3.25. The van der Waals surface area contributed by atoms with Crippen LogP contribution in [0.3, 0.4) is 0 Å². The van der Waals surface area contributed by atoms with Crippen molar-refractivity contribution in [2.75, 3.05) is 13.7 Å². The van der Waals surface area contributed by atoms with Crippen molar-refractivity contribution in [2.24, 2.45) is 0 Å². The Hall–Kier alpha value is -1.71. The first-order valence-corrected chi connectivity index (χ1v) is 9.15. The molecule has 3 rings (SSSR count). The van der Waals surface area contributed by atoms with E-state index in [1.54, 1.807) is 18.2 Å². The molecule has 1 aliphatic heterocycles. The van der Waals surface area contributed by atoms with Crippen molar-refractivity contribution < 1.29 is 34.6 Å². The molecule has 1 saturated heterocycles. The van der Waals surface area contributed by atoms with Gasteiger partial charge in [0, 0.05) is 23.3 Å². The minimum atomic E-state index is -1.79. The SMILES string of the molecule is COC1(c2ccc(Cl)c(COc3ccccc3)c2)O[C@H](CO)[C@@H](O)[C@H](O)[C@H]1O. The summed E-state index contributed by atoms with van der Waals surface area (Å²) in [6, 6.07) is 14.0. The lowest BCUT2D eigenvalue weighted by atomic mass is 9.87. The monoisotopic (exact) mass is 410 g/mol. The Bertz CT molecular complexity index is 785. The van der Waals surface area contributed by atoms with Gasteiger partial charge in [-0.2, -0.15) is 0 Å². The first-order valence-electron chi connectivity index (χ1n) is 8.77. The predicted molar refractivity (Wildman–Crippen MR) is 101 cm³/mol. The largest absolute Gasteiger partial charge is 0.489 e. The van der Waals surface area contributed by atoms with E-state index in [0.717, 1.165) is 0 Å². The van der Waals surface area contributed by atoms with Gasteiger partial charge in [0.05, 0.1) is 6.61 Å². The van der Waals surface area contributed by atoms with Gasteiger partial charge in [-0.05, 0) is 24.3 Å². The zero-order valence-corrected chi connectivity index (χ0v) is 16.0. The highest BCUT2D eigenvalue weighted by Crippen LogP contribution is 2.40. The molecule has 0 spiro atoms. The number of methoxy groups -OCH3 is 1. The van der Waals surface area contributed by atoms with Crippen LogP contribution in [0.25, 0.3) is 0 Å². The molecule has 1 fully saturated rings. The summed E-state index contributed by atoms with van der Waals surface area (Å²) < 4.78 is 16.9. The van der Waals surface area contributed by atoms with Crippen molar-refractivity contribution in [1.82, 2.24) is 0 Å². The third kappa shape index (κ3) is 3.88. The molecule has 0 radical (unpaired) electrons. The maximum atomic E-state index is 10.6. The Kier molecular flexibility index (Phi) is 6.57. The van der Waals surface area contributed by atoms with Gasteiger partial charge in [0.15, 0.2) is 0 Å². The Morgan fingerprint density at radius 3 is 2.43 bits per heavy atom. The zero-order valence-electron chi connectivity index (χ0n) is 15.2. The number of halogens is 1. The van der Waals surface area contributed by atoms with Gasteiger partial charge >= 0.3 is 0 Å². The summed E-state index contributed by atoms with van der Waals surface area (Å²) in [4.78, 5) is 0. The summed E-state index contributed by atoms with van der Waals surface area (Å²) in [5.74, 6) is -1.13.